The normalized spacial score (nSPS) is 17.8. The molecule has 1 aromatic rings. The van der Waals surface area contributed by atoms with Crippen LogP contribution in [-0.2, 0) is 13.0 Å². The molecular weight excluding hydrogens is 234 g/mol. The molecule has 19 heavy (non-hydrogen) atoms. The van der Waals surface area contributed by atoms with Crippen LogP contribution < -0.4 is 5.73 Å². The Morgan fingerprint density at radius 1 is 1.26 bits per heavy atom. The van der Waals surface area contributed by atoms with E-state index in [1.165, 1.54) is 24.0 Å². The van der Waals surface area contributed by atoms with E-state index in [2.05, 4.69) is 48.0 Å². The van der Waals surface area contributed by atoms with Crippen molar-refractivity contribution in [3.05, 3.63) is 35.4 Å². The summed E-state index contributed by atoms with van der Waals surface area (Å²) >= 11 is 0. The van der Waals surface area contributed by atoms with E-state index in [1.54, 1.807) is 0 Å². The van der Waals surface area contributed by atoms with Crippen LogP contribution in [0, 0.1) is 5.92 Å². The van der Waals surface area contributed by atoms with E-state index in [0.29, 0.717) is 12.5 Å². The third kappa shape index (κ3) is 3.72. The average molecular weight is 259 g/mol. The minimum Gasteiger partial charge on any atom is -0.370 e. The number of aliphatic imine (C=N–C) groups is 1. The Hall–Kier alpha value is -1.51. The number of aryl methyl sites for hydroxylation is 1. The van der Waals surface area contributed by atoms with Crippen molar-refractivity contribution in [2.75, 3.05) is 13.1 Å². The van der Waals surface area contributed by atoms with E-state index < -0.39 is 0 Å². The van der Waals surface area contributed by atoms with Crippen LogP contribution in [0.4, 0.5) is 0 Å². The Morgan fingerprint density at radius 3 is 2.53 bits per heavy atom. The average Bonchev–Trinajstić information content (AvgIpc) is 2.45. The number of benzene rings is 1. The highest BCUT2D eigenvalue weighted by Gasteiger charge is 2.16. The van der Waals surface area contributed by atoms with Gasteiger partial charge in [-0.1, -0.05) is 38.1 Å². The van der Waals surface area contributed by atoms with Crippen LogP contribution in [0.5, 0.6) is 0 Å². The fraction of sp³-hybridized carbons (Fsp3) is 0.562. The molecule has 3 nitrogen and oxygen atoms in total. The second kappa shape index (κ2) is 6.60. The number of rotatable bonds is 3. The Balaban J connectivity index is 1.97. The fourth-order valence-electron chi connectivity index (χ4n) is 2.56. The summed E-state index contributed by atoms with van der Waals surface area (Å²) in [5.41, 5.74) is 8.77. The first-order chi connectivity index (χ1) is 9.20. The first kappa shape index (κ1) is 13.9. The molecule has 0 aliphatic carbocycles. The highest BCUT2D eigenvalue weighted by Crippen LogP contribution is 2.16. The molecule has 1 fully saturated rings. The zero-order valence-corrected chi connectivity index (χ0v) is 12.1. The van der Waals surface area contributed by atoms with E-state index in [1.807, 2.05) is 0 Å². The molecule has 104 valence electrons. The lowest BCUT2D eigenvalue weighted by atomic mass is 10.00. The van der Waals surface area contributed by atoms with Crippen LogP contribution in [0.2, 0.25) is 0 Å². The van der Waals surface area contributed by atoms with E-state index >= 15 is 0 Å². The lowest BCUT2D eigenvalue weighted by Crippen LogP contribution is -2.42. The predicted octanol–water partition coefficient (Wildman–Crippen LogP) is 2.80. The van der Waals surface area contributed by atoms with E-state index in [-0.39, 0.29) is 0 Å². The number of likely N-dealkylation sites (tertiary alicyclic amines) is 1. The van der Waals surface area contributed by atoms with Gasteiger partial charge in [-0.2, -0.15) is 0 Å². The lowest BCUT2D eigenvalue weighted by Gasteiger charge is -2.31. The van der Waals surface area contributed by atoms with Gasteiger partial charge in [0.2, 0.25) is 0 Å². The highest BCUT2D eigenvalue weighted by atomic mass is 15.3. The van der Waals surface area contributed by atoms with Crippen molar-refractivity contribution in [1.82, 2.24) is 4.90 Å². The highest BCUT2D eigenvalue weighted by molar-refractivity contribution is 5.78. The van der Waals surface area contributed by atoms with Gasteiger partial charge in [-0.15, -0.1) is 0 Å². The summed E-state index contributed by atoms with van der Waals surface area (Å²) in [4.78, 5) is 6.79. The van der Waals surface area contributed by atoms with Crippen molar-refractivity contribution in [3.63, 3.8) is 0 Å². The summed E-state index contributed by atoms with van der Waals surface area (Å²) in [5, 5.41) is 0. The molecule has 0 bridgehead atoms. The molecule has 3 heteroatoms. The standard InChI is InChI=1S/C16H25N3/c1-3-14-6-4-5-7-15(14)12-18-16(17)19-10-8-13(2)9-11-19/h4-7,13H,3,8-12H2,1-2H3,(H2,17,18). The Kier molecular flexibility index (Phi) is 4.83. The van der Waals surface area contributed by atoms with Crippen molar-refractivity contribution >= 4 is 5.96 Å². The van der Waals surface area contributed by atoms with Crippen LogP contribution in [0.3, 0.4) is 0 Å². The summed E-state index contributed by atoms with van der Waals surface area (Å²) in [6.45, 7) is 7.28. The quantitative estimate of drug-likeness (QED) is 0.670. The van der Waals surface area contributed by atoms with Crippen molar-refractivity contribution in [2.45, 2.75) is 39.7 Å². The van der Waals surface area contributed by atoms with Crippen LogP contribution in [0.15, 0.2) is 29.3 Å². The SMILES string of the molecule is CCc1ccccc1CN=C(N)N1CCC(C)CC1. The molecule has 1 heterocycles. The number of hydrogen-bond acceptors (Lipinski definition) is 1. The summed E-state index contributed by atoms with van der Waals surface area (Å²) in [7, 11) is 0. The molecule has 0 spiro atoms. The minimum absolute atomic E-state index is 0.696. The first-order valence-electron chi connectivity index (χ1n) is 7.32. The summed E-state index contributed by atoms with van der Waals surface area (Å²) < 4.78 is 0. The van der Waals surface area contributed by atoms with Gasteiger partial charge in [0.15, 0.2) is 5.96 Å². The largest absolute Gasteiger partial charge is 0.370 e. The number of hydrogen-bond donors (Lipinski definition) is 1. The van der Waals surface area contributed by atoms with Gasteiger partial charge in [0.1, 0.15) is 0 Å². The van der Waals surface area contributed by atoms with Crippen LogP contribution in [0.25, 0.3) is 0 Å². The van der Waals surface area contributed by atoms with Gasteiger partial charge in [-0.25, -0.2) is 4.99 Å². The molecule has 1 saturated heterocycles. The van der Waals surface area contributed by atoms with Gasteiger partial charge in [-0.05, 0) is 36.3 Å². The third-order valence-electron chi connectivity index (χ3n) is 4.02. The fourth-order valence-corrected chi connectivity index (χ4v) is 2.56. The molecule has 0 aromatic heterocycles. The molecule has 0 radical (unpaired) electrons. The van der Waals surface area contributed by atoms with E-state index in [4.69, 9.17) is 5.73 Å². The van der Waals surface area contributed by atoms with Crippen molar-refractivity contribution in [2.24, 2.45) is 16.6 Å². The Bertz CT molecular complexity index is 431. The monoisotopic (exact) mass is 259 g/mol. The van der Waals surface area contributed by atoms with E-state index in [9.17, 15) is 0 Å². The number of nitrogens with zero attached hydrogens (tertiary/aromatic N) is 2. The maximum absolute atomic E-state index is 6.11. The maximum Gasteiger partial charge on any atom is 0.191 e. The predicted molar refractivity (Wildman–Crippen MR) is 81.1 cm³/mol. The zero-order chi connectivity index (χ0) is 13.7. The van der Waals surface area contributed by atoms with Crippen molar-refractivity contribution < 1.29 is 0 Å². The molecule has 1 aliphatic heterocycles. The molecular formula is C16H25N3. The summed E-state index contributed by atoms with van der Waals surface area (Å²) in [6, 6.07) is 8.47. The van der Waals surface area contributed by atoms with Crippen molar-refractivity contribution in [1.29, 1.82) is 0 Å². The van der Waals surface area contributed by atoms with Gasteiger partial charge in [0.05, 0.1) is 6.54 Å². The second-order valence-corrected chi connectivity index (χ2v) is 5.47. The topological polar surface area (TPSA) is 41.6 Å². The number of piperidine rings is 1. The molecule has 1 aromatic carbocycles. The first-order valence-corrected chi connectivity index (χ1v) is 7.32. The van der Waals surface area contributed by atoms with Gasteiger partial charge >= 0.3 is 0 Å². The van der Waals surface area contributed by atoms with Crippen LogP contribution in [0.1, 0.15) is 37.8 Å². The van der Waals surface area contributed by atoms with Crippen LogP contribution in [-0.4, -0.2) is 23.9 Å². The minimum atomic E-state index is 0.696. The number of guanidine groups is 1. The van der Waals surface area contributed by atoms with Gasteiger partial charge < -0.3 is 10.6 Å². The zero-order valence-electron chi connectivity index (χ0n) is 12.1. The van der Waals surface area contributed by atoms with Crippen LogP contribution >= 0.6 is 0 Å². The summed E-state index contributed by atoms with van der Waals surface area (Å²) in [5.74, 6) is 1.53. The van der Waals surface area contributed by atoms with Crippen molar-refractivity contribution in [3.8, 4) is 0 Å². The maximum atomic E-state index is 6.11. The van der Waals surface area contributed by atoms with Gasteiger partial charge in [0, 0.05) is 13.1 Å². The molecule has 0 unspecified atom stereocenters. The third-order valence-corrected chi connectivity index (χ3v) is 4.02. The molecule has 2 rings (SSSR count). The Morgan fingerprint density at radius 2 is 1.89 bits per heavy atom. The molecule has 2 N–H and O–H groups in total. The second-order valence-electron chi connectivity index (χ2n) is 5.47. The molecule has 0 amide bonds. The molecule has 0 saturated carbocycles. The Labute approximate surface area is 116 Å². The summed E-state index contributed by atoms with van der Waals surface area (Å²) in [6.07, 6.45) is 3.50. The smallest absolute Gasteiger partial charge is 0.191 e. The van der Waals surface area contributed by atoms with E-state index in [0.717, 1.165) is 25.4 Å². The molecule has 0 atom stereocenters. The van der Waals surface area contributed by atoms with Gasteiger partial charge in [-0.3, -0.25) is 0 Å². The molecule has 1 aliphatic rings. The lowest BCUT2D eigenvalue weighted by molar-refractivity contribution is 0.277. The number of nitrogens with two attached hydrogens (primary N) is 1. The van der Waals surface area contributed by atoms with Gasteiger partial charge in [0.25, 0.3) is 0 Å².